The molecule has 2 N–H and O–H groups in total. The molecule has 0 bridgehead atoms. The lowest BCUT2D eigenvalue weighted by molar-refractivity contribution is -0.136. The quantitative estimate of drug-likeness (QED) is 0.554. The van der Waals surface area contributed by atoms with E-state index in [1.165, 1.54) is 29.2 Å². The molecule has 12 heteroatoms. The molecule has 10 nitrogen and oxygen atoms in total. The van der Waals surface area contributed by atoms with Gasteiger partial charge < -0.3 is 4.90 Å². The van der Waals surface area contributed by atoms with Crippen LogP contribution in [0.3, 0.4) is 0 Å². The van der Waals surface area contributed by atoms with Gasteiger partial charge in [0.25, 0.3) is 5.91 Å². The number of sulfone groups is 1. The number of rotatable bonds is 6. The van der Waals surface area contributed by atoms with Gasteiger partial charge in [-0.1, -0.05) is 24.3 Å². The zero-order valence-corrected chi connectivity index (χ0v) is 19.2. The normalized spacial score (nSPS) is 18.9. The number of nitrogens with one attached hydrogen (secondary N) is 2. The van der Waals surface area contributed by atoms with Crippen molar-refractivity contribution >= 4 is 37.6 Å². The predicted octanol–water partition coefficient (Wildman–Crippen LogP) is 0.330. The number of hydrogen-bond donors (Lipinski definition) is 2. The lowest BCUT2D eigenvalue weighted by Crippen LogP contribution is -2.52. The maximum absolute atomic E-state index is 12.9. The molecular formula is C21H21N3O7S2. The molecule has 0 radical (unpaired) electrons. The molecule has 3 amide bonds. The number of imide groups is 1. The maximum Gasteiger partial charge on any atom is 0.255 e. The Morgan fingerprint density at radius 1 is 1.03 bits per heavy atom. The average Bonchev–Trinajstić information content (AvgIpc) is 3.07. The van der Waals surface area contributed by atoms with Crippen LogP contribution in [0.15, 0.2) is 52.3 Å². The fourth-order valence-corrected chi connectivity index (χ4v) is 6.59. The van der Waals surface area contributed by atoms with Crippen LogP contribution in [-0.4, -0.2) is 51.8 Å². The van der Waals surface area contributed by atoms with Gasteiger partial charge in [-0.05, 0) is 35.7 Å². The molecular weight excluding hydrogens is 470 g/mol. The molecule has 1 atom stereocenters. The van der Waals surface area contributed by atoms with Crippen molar-refractivity contribution in [3.63, 3.8) is 0 Å². The smallest absolute Gasteiger partial charge is 0.255 e. The average molecular weight is 492 g/mol. The Kier molecular flexibility index (Phi) is 5.85. The van der Waals surface area contributed by atoms with Gasteiger partial charge in [0.1, 0.15) is 10.9 Å². The number of amides is 3. The van der Waals surface area contributed by atoms with Crippen molar-refractivity contribution in [3.05, 3.63) is 59.2 Å². The summed E-state index contributed by atoms with van der Waals surface area (Å²) in [6.07, 6.45) is 1.33. The number of hydrogen-bond acceptors (Lipinski definition) is 7. The van der Waals surface area contributed by atoms with Crippen LogP contribution in [0.5, 0.6) is 0 Å². The van der Waals surface area contributed by atoms with Crippen LogP contribution in [0.1, 0.15) is 34.3 Å². The number of fused-ring (bicyclic) bond motifs is 1. The first kappa shape index (κ1) is 23.1. The van der Waals surface area contributed by atoms with Crippen molar-refractivity contribution < 1.29 is 31.2 Å². The molecule has 0 spiro atoms. The van der Waals surface area contributed by atoms with E-state index in [1.54, 1.807) is 18.2 Å². The number of piperidine rings is 1. The molecule has 4 rings (SSSR count). The number of carbonyl (C=O) groups excluding carboxylic acids is 3. The number of carbonyl (C=O) groups is 3. The predicted molar refractivity (Wildman–Crippen MR) is 116 cm³/mol. The minimum absolute atomic E-state index is 0.151. The zero-order valence-electron chi connectivity index (χ0n) is 17.6. The molecule has 1 fully saturated rings. The highest BCUT2D eigenvalue weighted by molar-refractivity contribution is 7.93. The monoisotopic (exact) mass is 491 g/mol. The second-order valence-electron chi connectivity index (χ2n) is 7.93. The third-order valence-corrected chi connectivity index (χ3v) is 8.34. The maximum atomic E-state index is 12.9. The zero-order chi connectivity index (χ0) is 24.0. The van der Waals surface area contributed by atoms with E-state index in [9.17, 15) is 31.2 Å². The summed E-state index contributed by atoms with van der Waals surface area (Å²) in [6.45, 7) is 0.0492. The lowest BCUT2D eigenvalue weighted by atomic mass is 10.0. The Bertz CT molecular complexity index is 1380. The van der Waals surface area contributed by atoms with Gasteiger partial charge >= 0.3 is 0 Å². The Morgan fingerprint density at radius 2 is 1.73 bits per heavy atom. The standard InChI is InChI=1S/C21H21N3O7S2/c1-32(28,29)17-4-2-3-5-18(17)33(30,31)22-11-13-6-7-14-12-24(21(27)15(14)10-13)16-8-9-19(25)23-20(16)26/h2-7,10,16,22H,8-9,11-12H2,1H3,(H,23,25,26). The number of benzene rings is 2. The second-order valence-corrected chi connectivity index (χ2v) is 11.7. The molecule has 2 heterocycles. The van der Waals surface area contributed by atoms with E-state index in [0.717, 1.165) is 6.26 Å². The van der Waals surface area contributed by atoms with E-state index >= 15 is 0 Å². The van der Waals surface area contributed by atoms with Crippen molar-refractivity contribution in [2.24, 2.45) is 0 Å². The van der Waals surface area contributed by atoms with E-state index in [1.807, 2.05) is 0 Å². The molecule has 2 aromatic rings. The molecule has 0 saturated carbocycles. The fraction of sp³-hybridized carbons (Fsp3) is 0.286. The summed E-state index contributed by atoms with van der Waals surface area (Å²) in [5.74, 6) is -1.25. The summed E-state index contributed by atoms with van der Waals surface area (Å²) in [6, 6.07) is 9.46. The summed E-state index contributed by atoms with van der Waals surface area (Å²) >= 11 is 0. The third kappa shape index (κ3) is 4.54. The number of nitrogens with zero attached hydrogens (tertiary/aromatic N) is 1. The minimum Gasteiger partial charge on any atom is -0.322 e. The van der Waals surface area contributed by atoms with Crippen molar-refractivity contribution in [2.45, 2.75) is 41.8 Å². The highest BCUT2D eigenvalue weighted by atomic mass is 32.2. The van der Waals surface area contributed by atoms with Crippen molar-refractivity contribution in [3.8, 4) is 0 Å². The SMILES string of the molecule is CS(=O)(=O)c1ccccc1S(=O)(=O)NCc1ccc2c(c1)C(=O)N(C1CCC(=O)NC1=O)C2. The van der Waals surface area contributed by atoms with Crippen LogP contribution >= 0.6 is 0 Å². The molecule has 174 valence electrons. The van der Waals surface area contributed by atoms with E-state index < -0.39 is 31.8 Å². The Hall–Kier alpha value is -3.09. The first-order valence-electron chi connectivity index (χ1n) is 10.0. The molecule has 2 aliphatic rings. The topological polar surface area (TPSA) is 147 Å². The third-order valence-electron chi connectivity index (χ3n) is 5.60. The van der Waals surface area contributed by atoms with Gasteiger partial charge in [0, 0.05) is 31.3 Å². The molecule has 33 heavy (non-hydrogen) atoms. The van der Waals surface area contributed by atoms with Gasteiger partial charge in [-0.15, -0.1) is 0 Å². The van der Waals surface area contributed by atoms with Crippen molar-refractivity contribution in [1.82, 2.24) is 14.9 Å². The first-order valence-corrected chi connectivity index (χ1v) is 13.4. The Labute approximate surface area is 190 Å². The highest BCUT2D eigenvalue weighted by Crippen LogP contribution is 2.28. The van der Waals surface area contributed by atoms with Crippen LogP contribution in [0.2, 0.25) is 0 Å². The van der Waals surface area contributed by atoms with Gasteiger partial charge in [-0.25, -0.2) is 21.6 Å². The second kappa shape index (κ2) is 8.36. The van der Waals surface area contributed by atoms with Crippen LogP contribution in [0.4, 0.5) is 0 Å². The molecule has 1 saturated heterocycles. The minimum atomic E-state index is -4.15. The van der Waals surface area contributed by atoms with E-state index in [0.29, 0.717) is 16.7 Å². The summed E-state index contributed by atoms with van der Waals surface area (Å²) in [5.41, 5.74) is 1.54. The molecule has 2 aliphatic heterocycles. The van der Waals surface area contributed by atoms with E-state index in [2.05, 4.69) is 10.0 Å². The molecule has 1 unspecified atom stereocenters. The van der Waals surface area contributed by atoms with Crippen molar-refractivity contribution in [2.75, 3.05) is 6.26 Å². The summed E-state index contributed by atoms with van der Waals surface area (Å²) in [7, 11) is -7.91. The molecule has 0 aliphatic carbocycles. The van der Waals surface area contributed by atoms with Crippen LogP contribution in [-0.2, 0) is 42.5 Å². The Balaban J connectivity index is 1.52. The fourth-order valence-electron chi connectivity index (χ4n) is 3.95. The van der Waals surface area contributed by atoms with Gasteiger partial charge in [-0.2, -0.15) is 0 Å². The van der Waals surface area contributed by atoms with Crippen molar-refractivity contribution in [1.29, 1.82) is 0 Å². The van der Waals surface area contributed by atoms with Gasteiger partial charge in [-0.3, -0.25) is 19.7 Å². The van der Waals surface area contributed by atoms with Crippen LogP contribution in [0, 0.1) is 0 Å². The van der Waals surface area contributed by atoms with Crippen LogP contribution in [0.25, 0.3) is 0 Å². The first-order chi connectivity index (χ1) is 15.5. The number of sulfonamides is 1. The van der Waals surface area contributed by atoms with Gasteiger partial charge in [0.05, 0.1) is 4.90 Å². The lowest BCUT2D eigenvalue weighted by Gasteiger charge is -2.29. The molecule has 0 aromatic heterocycles. The van der Waals surface area contributed by atoms with Crippen LogP contribution < -0.4 is 10.0 Å². The largest absolute Gasteiger partial charge is 0.322 e. The van der Waals surface area contributed by atoms with E-state index in [4.69, 9.17) is 0 Å². The van der Waals surface area contributed by atoms with E-state index in [-0.39, 0.29) is 47.5 Å². The summed E-state index contributed by atoms with van der Waals surface area (Å²) in [5, 5.41) is 2.24. The van der Waals surface area contributed by atoms with Gasteiger partial charge in [0.15, 0.2) is 9.84 Å². The van der Waals surface area contributed by atoms with Gasteiger partial charge in [0.2, 0.25) is 21.8 Å². The Morgan fingerprint density at radius 3 is 2.39 bits per heavy atom. The highest BCUT2D eigenvalue weighted by Gasteiger charge is 2.39. The summed E-state index contributed by atoms with van der Waals surface area (Å²) in [4.78, 5) is 37.2. The molecule has 2 aromatic carbocycles. The summed E-state index contributed by atoms with van der Waals surface area (Å²) < 4.78 is 51.8.